The second kappa shape index (κ2) is 7.36. The molecule has 0 fully saturated rings. The minimum atomic E-state index is -0.650. The number of aromatic amines is 1. The Kier molecular flexibility index (Phi) is 5.00. The number of benzene rings is 2. The van der Waals surface area contributed by atoms with Crippen molar-refractivity contribution in [3.63, 3.8) is 0 Å². The number of hydrogen-bond acceptors (Lipinski definition) is 4. The molecule has 0 radical (unpaired) electrons. The number of carbonyl (C=O) groups is 2. The van der Waals surface area contributed by atoms with E-state index in [1.165, 1.54) is 0 Å². The number of para-hydroxylation sites is 1. The van der Waals surface area contributed by atoms with Crippen LogP contribution in [-0.2, 0) is 9.53 Å². The van der Waals surface area contributed by atoms with Crippen LogP contribution in [0.15, 0.2) is 48.5 Å². The van der Waals surface area contributed by atoms with Crippen LogP contribution in [0.1, 0.15) is 29.0 Å². The van der Waals surface area contributed by atoms with Crippen molar-refractivity contribution in [2.24, 2.45) is 0 Å². The molecule has 1 amide bonds. The van der Waals surface area contributed by atoms with Crippen LogP contribution in [-0.4, -0.2) is 28.7 Å². The van der Waals surface area contributed by atoms with Crippen molar-refractivity contribution in [3.8, 4) is 0 Å². The van der Waals surface area contributed by atoms with Crippen LogP contribution in [0.5, 0.6) is 0 Å². The molecule has 3 aromatic rings. The predicted molar refractivity (Wildman–Crippen MR) is 94.4 cm³/mol. The fourth-order valence-corrected chi connectivity index (χ4v) is 2.66. The summed E-state index contributed by atoms with van der Waals surface area (Å²) < 4.78 is 5.06. The number of rotatable bonds is 5. The Morgan fingerprint density at radius 2 is 2.04 bits per heavy atom. The van der Waals surface area contributed by atoms with Crippen molar-refractivity contribution in [1.82, 2.24) is 15.5 Å². The first-order valence-electron chi connectivity index (χ1n) is 7.69. The smallest absolute Gasteiger partial charge is 0.359 e. The number of nitrogens with zero attached hydrogens (tertiary/aromatic N) is 1. The molecule has 128 valence electrons. The zero-order valence-electron chi connectivity index (χ0n) is 13.5. The van der Waals surface area contributed by atoms with Crippen LogP contribution in [0.2, 0.25) is 5.02 Å². The van der Waals surface area contributed by atoms with Crippen molar-refractivity contribution >= 4 is 34.4 Å². The monoisotopic (exact) mass is 357 g/mol. The molecule has 0 unspecified atom stereocenters. The number of fused-ring (bicyclic) bond motifs is 1. The van der Waals surface area contributed by atoms with Crippen molar-refractivity contribution in [2.75, 3.05) is 6.61 Å². The van der Waals surface area contributed by atoms with E-state index >= 15 is 0 Å². The lowest BCUT2D eigenvalue weighted by molar-refractivity contribution is -0.124. The van der Waals surface area contributed by atoms with Gasteiger partial charge >= 0.3 is 5.97 Å². The summed E-state index contributed by atoms with van der Waals surface area (Å²) in [6, 6.07) is 14.1. The molecule has 1 atom stereocenters. The van der Waals surface area contributed by atoms with Crippen LogP contribution < -0.4 is 5.32 Å². The molecule has 0 aliphatic carbocycles. The molecular formula is C18H16ClN3O3. The highest BCUT2D eigenvalue weighted by Crippen LogP contribution is 2.18. The zero-order valence-corrected chi connectivity index (χ0v) is 14.2. The number of hydrogen-bond donors (Lipinski definition) is 2. The van der Waals surface area contributed by atoms with Gasteiger partial charge in [0.25, 0.3) is 5.91 Å². The van der Waals surface area contributed by atoms with Crippen molar-refractivity contribution in [1.29, 1.82) is 0 Å². The van der Waals surface area contributed by atoms with E-state index in [1.54, 1.807) is 30.3 Å². The summed E-state index contributed by atoms with van der Waals surface area (Å²) in [6.07, 6.45) is 0. The van der Waals surface area contributed by atoms with E-state index in [2.05, 4.69) is 15.5 Å². The molecule has 0 bridgehead atoms. The van der Waals surface area contributed by atoms with Gasteiger partial charge < -0.3 is 10.1 Å². The molecule has 2 N–H and O–H groups in total. The quantitative estimate of drug-likeness (QED) is 0.686. The summed E-state index contributed by atoms with van der Waals surface area (Å²) in [5.41, 5.74) is 1.75. The van der Waals surface area contributed by atoms with Crippen molar-refractivity contribution < 1.29 is 14.3 Å². The van der Waals surface area contributed by atoms with Crippen LogP contribution in [0.4, 0.5) is 0 Å². The molecule has 0 saturated carbocycles. The highest BCUT2D eigenvalue weighted by Gasteiger charge is 2.17. The topological polar surface area (TPSA) is 84.1 Å². The first-order valence-corrected chi connectivity index (χ1v) is 8.07. The molecule has 1 heterocycles. The van der Waals surface area contributed by atoms with Gasteiger partial charge in [-0.15, -0.1) is 0 Å². The maximum Gasteiger partial charge on any atom is 0.359 e. The first kappa shape index (κ1) is 17.0. The molecule has 7 heteroatoms. The molecule has 1 aromatic heterocycles. The average Bonchev–Trinajstić information content (AvgIpc) is 3.04. The largest absolute Gasteiger partial charge is 0.451 e. The third-order valence-corrected chi connectivity index (χ3v) is 3.96. The normalized spacial score (nSPS) is 11.9. The van der Waals surface area contributed by atoms with Gasteiger partial charge in [-0.2, -0.15) is 5.10 Å². The van der Waals surface area contributed by atoms with E-state index < -0.39 is 11.9 Å². The summed E-state index contributed by atoms with van der Waals surface area (Å²) in [7, 11) is 0. The van der Waals surface area contributed by atoms with Gasteiger partial charge in [0, 0.05) is 10.4 Å². The first-order chi connectivity index (χ1) is 12.0. The van der Waals surface area contributed by atoms with E-state index in [0.717, 1.165) is 11.1 Å². The molecule has 0 saturated heterocycles. The van der Waals surface area contributed by atoms with Gasteiger partial charge in [-0.1, -0.05) is 41.9 Å². The number of esters is 1. The van der Waals surface area contributed by atoms with E-state index in [9.17, 15) is 9.59 Å². The summed E-state index contributed by atoms with van der Waals surface area (Å²) in [5.74, 6) is -1.05. The maximum absolute atomic E-state index is 12.1. The number of ether oxygens (including phenoxy) is 1. The molecule has 3 rings (SSSR count). The van der Waals surface area contributed by atoms with Gasteiger partial charge in [0.1, 0.15) is 0 Å². The van der Waals surface area contributed by atoms with Crippen LogP contribution >= 0.6 is 11.6 Å². The average molecular weight is 358 g/mol. The summed E-state index contributed by atoms with van der Waals surface area (Å²) >= 11 is 5.94. The Balaban J connectivity index is 1.57. The van der Waals surface area contributed by atoms with Crippen LogP contribution in [0, 0.1) is 0 Å². The highest BCUT2D eigenvalue weighted by atomic mass is 35.5. The molecule has 0 aliphatic heterocycles. The lowest BCUT2D eigenvalue weighted by Gasteiger charge is -2.14. The van der Waals surface area contributed by atoms with Crippen LogP contribution in [0.25, 0.3) is 10.9 Å². The van der Waals surface area contributed by atoms with E-state index in [0.29, 0.717) is 10.4 Å². The number of nitrogens with one attached hydrogen (secondary N) is 2. The van der Waals surface area contributed by atoms with E-state index in [1.807, 2.05) is 25.1 Å². The number of H-pyrrole nitrogens is 1. The minimum absolute atomic E-state index is 0.159. The Labute approximate surface area is 149 Å². The molecule has 6 nitrogen and oxygen atoms in total. The summed E-state index contributed by atoms with van der Waals surface area (Å²) in [6.45, 7) is 1.44. The van der Waals surface area contributed by atoms with Gasteiger partial charge in [0.05, 0.1) is 11.6 Å². The third-order valence-electron chi connectivity index (χ3n) is 3.72. The van der Waals surface area contributed by atoms with Gasteiger partial charge in [0.2, 0.25) is 0 Å². The fraction of sp³-hybridized carbons (Fsp3) is 0.167. The second-order valence-electron chi connectivity index (χ2n) is 5.54. The lowest BCUT2D eigenvalue weighted by Crippen LogP contribution is -2.31. The lowest BCUT2D eigenvalue weighted by atomic mass is 10.1. The Bertz CT molecular complexity index is 923. The molecular weight excluding hydrogens is 342 g/mol. The molecule has 2 aromatic carbocycles. The summed E-state index contributed by atoms with van der Waals surface area (Å²) in [5, 5.41) is 10.7. The van der Waals surface area contributed by atoms with E-state index in [-0.39, 0.29) is 18.3 Å². The van der Waals surface area contributed by atoms with Gasteiger partial charge in [-0.3, -0.25) is 9.89 Å². The predicted octanol–water partition coefficient (Wildman–Crippen LogP) is 3.25. The highest BCUT2D eigenvalue weighted by molar-refractivity contribution is 6.30. The maximum atomic E-state index is 12.1. The van der Waals surface area contributed by atoms with Gasteiger partial charge in [-0.25, -0.2) is 4.79 Å². The fourth-order valence-electron chi connectivity index (χ4n) is 2.46. The Hall–Kier alpha value is -2.86. The minimum Gasteiger partial charge on any atom is -0.451 e. The van der Waals surface area contributed by atoms with Crippen LogP contribution in [0.3, 0.4) is 0 Å². The Morgan fingerprint density at radius 1 is 1.24 bits per heavy atom. The number of amides is 1. The number of carbonyl (C=O) groups excluding carboxylic acids is 2. The van der Waals surface area contributed by atoms with E-state index in [4.69, 9.17) is 16.3 Å². The molecule has 0 aliphatic rings. The number of aromatic nitrogens is 2. The standard InChI is InChI=1S/C18H16ClN3O3/c1-11(12-5-4-6-13(19)9-12)20-16(23)10-25-18(24)17-14-7-2-3-8-15(14)21-22-17/h2-9,11H,10H2,1H3,(H,20,23)(H,21,22)/t11-/m1/s1. The van der Waals surface area contributed by atoms with Crippen molar-refractivity contribution in [2.45, 2.75) is 13.0 Å². The SMILES string of the molecule is C[C@@H](NC(=O)COC(=O)c1n[nH]c2ccccc12)c1cccc(Cl)c1. The number of halogens is 1. The molecule has 0 spiro atoms. The van der Waals surface area contributed by atoms with Gasteiger partial charge in [-0.05, 0) is 30.7 Å². The summed E-state index contributed by atoms with van der Waals surface area (Å²) in [4.78, 5) is 24.1. The third kappa shape index (κ3) is 3.97. The van der Waals surface area contributed by atoms with Crippen molar-refractivity contribution in [3.05, 3.63) is 64.8 Å². The second-order valence-corrected chi connectivity index (χ2v) is 5.97. The zero-order chi connectivity index (χ0) is 17.8. The Morgan fingerprint density at radius 3 is 2.84 bits per heavy atom. The molecule has 25 heavy (non-hydrogen) atoms. The van der Waals surface area contributed by atoms with Gasteiger partial charge in [0.15, 0.2) is 12.3 Å².